The fourth-order valence-corrected chi connectivity index (χ4v) is 3.67. The molecule has 120 valence electrons. The van der Waals surface area contributed by atoms with Gasteiger partial charge in [0.2, 0.25) is 0 Å². The van der Waals surface area contributed by atoms with E-state index in [9.17, 15) is 0 Å². The van der Waals surface area contributed by atoms with Gasteiger partial charge in [-0.1, -0.05) is 13.8 Å². The van der Waals surface area contributed by atoms with Gasteiger partial charge in [-0.15, -0.1) is 11.3 Å². The normalized spacial score (nSPS) is 22.4. The summed E-state index contributed by atoms with van der Waals surface area (Å²) >= 11 is 1.80. The first-order chi connectivity index (χ1) is 10.6. The van der Waals surface area contributed by atoms with Gasteiger partial charge in [0.05, 0.1) is 6.20 Å². The molecule has 0 spiro atoms. The summed E-state index contributed by atoms with van der Waals surface area (Å²) in [6, 6.07) is 0.323. The Morgan fingerprint density at radius 2 is 2.32 bits per heavy atom. The van der Waals surface area contributed by atoms with E-state index >= 15 is 0 Å². The predicted molar refractivity (Wildman–Crippen MR) is 88.0 cm³/mol. The van der Waals surface area contributed by atoms with E-state index < -0.39 is 0 Å². The van der Waals surface area contributed by atoms with Crippen LogP contribution in [-0.2, 0) is 18.3 Å². The third-order valence-electron chi connectivity index (χ3n) is 4.03. The number of ether oxygens (including phenoxy) is 1. The van der Waals surface area contributed by atoms with Crippen LogP contribution in [0, 0.1) is 0 Å². The second-order valence-corrected chi connectivity index (χ2v) is 7.33. The SMILES string of the molecule is CC(C)c1cnc(CN[C@H]2CCCO[C@@H]2c2cnn(C)c2)s1. The van der Waals surface area contributed by atoms with Gasteiger partial charge in [0, 0.05) is 49.1 Å². The van der Waals surface area contributed by atoms with Crippen molar-refractivity contribution in [3.05, 3.63) is 34.0 Å². The van der Waals surface area contributed by atoms with E-state index in [1.165, 1.54) is 4.88 Å². The van der Waals surface area contributed by atoms with Crippen LogP contribution in [0.5, 0.6) is 0 Å². The van der Waals surface area contributed by atoms with Crippen molar-refractivity contribution in [3.8, 4) is 0 Å². The van der Waals surface area contributed by atoms with Gasteiger partial charge >= 0.3 is 0 Å². The van der Waals surface area contributed by atoms with Crippen molar-refractivity contribution >= 4 is 11.3 Å². The molecule has 0 amide bonds. The van der Waals surface area contributed by atoms with Crippen LogP contribution in [-0.4, -0.2) is 27.4 Å². The van der Waals surface area contributed by atoms with E-state index in [-0.39, 0.29) is 6.10 Å². The Labute approximate surface area is 135 Å². The summed E-state index contributed by atoms with van der Waals surface area (Å²) in [5.41, 5.74) is 1.15. The van der Waals surface area contributed by atoms with Gasteiger partial charge in [0.15, 0.2) is 0 Å². The number of nitrogens with zero attached hydrogens (tertiary/aromatic N) is 3. The Hall–Kier alpha value is -1.24. The number of hydrogen-bond donors (Lipinski definition) is 1. The van der Waals surface area contributed by atoms with Crippen LogP contribution in [0.2, 0.25) is 0 Å². The van der Waals surface area contributed by atoms with Crippen LogP contribution < -0.4 is 5.32 Å². The van der Waals surface area contributed by atoms with Crippen LogP contribution in [0.4, 0.5) is 0 Å². The molecule has 1 N–H and O–H groups in total. The van der Waals surface area contributed by atoms with Crippen LogP contribution >= 0.6 is 11.3 Å². The van der Waals surface area contributed by atoms with Crippen molar-refractivity contribution in [3.63, 3.8) is 0 Å². The molecule has 6 heteroatoms. The molecule has 1 fully saturated rings. The molecule has 0 aliphatic carbocycles. The fraction of sp³-hybridized carbons (Fsp3) is 0.625. The highest BCUT2D eigenvalue weighted by molar-refractivity contribution is 7.11. The molecular formula is C16H24N4OS. The van der Waals surface area contributed by atoms with Crippen LogP contribution in [0.15, 0.2) is 18.6 Å². The van der Waals surface area contributed by atoms with Gasteiger partial charge in [0.1, 0.15) is 11.1 Å². The molecule has 3 heterocycles. The third-order valence-corrected chi connectivity index (χ3v) is 5.33. The molecule has 0 radical (unpaired) electrons. The molecule has 1 aliphatic rings. The topological polar surface area (TPSA) is 52.0 Å². The largest absolute Gasteiger partial charge is 0.372 e. The molecule has 5 nitrogen and oxygen atoms in total. The monoisotopic (exact) mass is 320 g/mol. The standard InChI is InChI=1S/C16H24N4OS/c1-11(2)14-8-18-15(22-14)9-17-13-5-4-6-21-16(13)12-7-19-20(3)10-12/h7-8,10-11,13,16-17H,4-6,9H2,1-3H3/t13-,16+/m0/s1. The van der Waals surface area contributed by atoms with E-state index in [2.05, 4.69) is 29.2 Å². The number of nitrogens with one attached hydrogen (secondary N) is 1. The molecular weight excluding hydrogens is 296 g/mol. The summed E-state index contributed by atoms with van der Waals surface area (Å²) in [7, 11) is 1.94. The Morgan fingerprint density at radius 1 is 1.45 bits per heavy atom. The molecule has 2 aromatic rings. The number of rotatable bonds is 5. The molecule has 2 aromatic heterocycles. The lowest BCUT2D eigenvalue weighted by Crippen LogP contribution is -2.39. The minimum absolute atomic E-state index is 0.0898. The van der Waals surface area contributed by atoms with E-state index in [1.807, 2.05) is 30.3 Å². The van der Waals surface area contributed by atoms with Crippen LogP contribution in [0.1, 0.15) is 54.2 Å². The summed E-state index contributed by atoms with van der Waals surface area (Å²) in [5.74, 6) is 0.549. The highest BCUT2D eigenvalue weighted by Gasteiger charge is 2.28. The van der Waals surface area contributed by atoms with E-state index in [1.54, 1.807) is 11.3 Å². The predicted octanol–water partition coefficient (Wildman–Crippen LogP) is 3.01. The molecule has 0 bridgehead atoms. The minimum atomic E-state index is 0.0898. The average molecular weight is 320 g/mol. The highest BCUT2D eigenvalue weighted by atomic mass is 32.1. The lowest BCUT2D eigenvalue weighted by molar-refractivity contribution is -0.0112. The van der Waals surface area contributed by atoms with Crippen molar-refractivity contribution in [2.24, 2.45) is 7.05 Å². The van der Waals surface area contributed by atoms with Crippen molar-refractivity contribution in [1.82, 2.24) is 20.1 Å². The number of aromatic nitrogens is 3. The summed E-state index contributed by atoms with van der Waals surface area (Å²) in [6.07, 6.45) is 8.27. The Bertz CT molecular complexity index is 607. The van der Waals surface area contributed by atoms with Gasteiger partial charge in [-0.25, -0.2) is 4.98 Å². The molecule has 0 saturated carbocycles. The second-order valence-electron chi connectivity index (χ2n) is 6.18. The second kappa shape index (κ2) is 6.89. The molecule has 3 rings (SSSR count). The maximum atomic E-state index is 5.99. The minimum Gasteiger partial charge on any atom is -0.372 e. The zero-order valence-electron chi connectivity index (χ0n) is 13.5. The lowest BCUT2D eigenvalue weighted by Gasteiger charge is -2.31. The van der Waals surface area contributed by atoms with Crippen molar-refractivity contribution in [2.75, 3.05) is 6.61 Å². The van der Waals surface area contributed by atoms with Crippen molar-refractivity contribution in [2.45, 2.75) is 51.3 Å². The molecule has 22 heavy (non-hydrogen) atoms. The fourth-order valence-electron chi connectivity index (χ4n) is 2.80. The molecule has 1 saturated heterocycles. The van der Waals surface area contributed by atoms with Gasteiger partial charge in [-0.05, 0) is 18.8 Å². The first-order valence-corrected chi connectivity index (χ1v) is 8.73. The smallest absolute Gasteiger partial charge is 0.107 e. The quantitative estimate of drug-likeness (QED) is 0.920. The van der Waals surface area contributed by atoms with E-state index in [0.29, 0.717) is 12.0 Å². The summed E-state index contributed by atoms with van der Waals surface area (Å²) < 4.78 is 7.82. The van der Waals surface area contributed by atoms with Crippen molar-refractivity contribution in [1.29, 1.82) is 0 Å². The average Bonchev–Trinajstić information content (AvgIpc) is 3.14. The highest BCUT2D eigenvalue weighted by Crippen LogP contribution is 2.29. The van der Waals surface area contributed by atoms with Crippen LogP contribution in [0.25, 0.3) is 0 Å². The number of aryl methyl sites for hydroxylation is 1. The Kier molecular flexibility index (Phi) is 4.90. The Balaban J connectivity index is 1.63. The maximum absolute atomic E-state index is 5.99. The maximum Gasteiger partial charge on any atom is 0.107 e. The van der Waals surface area contributed by atoms with E-state index in [0.717, 1.165) is 36.6 Å². The first-order valence-electron chi connectivity index (χ1n) is 7.91. The molecule has 1 aliphatic heterocycles. The molecule has 0 aromatic carbocycles. The summed E-state index contributed by atoms with van der Waals surface area (Å²) in [5, 5.41) is 9.05. The first kappa shape index (κ1) is 15.6. The van der Waals surface area contributed by atoms with Gasteiger partial charge in [0.25, 0.3) is 0 Å². The Morgan fingerprint density at radius 3 is 3.00 bits per heavy atom. The van der Waals surface area contributed by atoms with Gasteiger partial charge in [-0.3, -0.25) is 4.68 Å². The summed E-state index contributed by atoms with van der Waals surface area (Å²) in [4.78, 5) is 5.87. The van der Waals surface area contributed by atoms with Gasteiger partial charge < -0.3 is 10.1 Å². The van der Waals surface area contributed by atoms with Gasteiger partial charge in [-0.2, -0.15) is 5.10 Å². The third kappa shape index (κ3) is 3.56. The van der Waals surface area contributed by atoms with E-state index in [4.69, 9.17) is 4.74 Å². The molecule has 0 unspecified atom stereocenters. The number of hydrogen-bond acceptors (Lipinski definition) is 5. The summed E-state index contributed by atoms with van der Waals surface area (Å²) in [6.45, 7) is 6.05. The van der Waals surface area contributed by atoms with Crippen molar-refractivity contribution < 1.29 is 4.74 Å². The number of thiazole rings is 1. The van der Waals surface area contributed by atoms with Crippen LogP contribution in [0.3, 0.4) is 0 Å². The molecule has 2 atom stereocenters. The lowest BCUT2D eigenvalue weighted by atomic mass is 9.98. The zero-order valence-corrected chi connectivity index (χ0v) is 14.3. The zero-order chi connectivity index (χ0) is 15.5.